The minimum atomic E-state index is 0.544. The first-order valence-corrected chi connectivity index (χ1v) is 23.4. The molecule has 69 heavy (non-hydrogen) atoms. The van der Waals surface area contributed by atoms with Crippen molar-refractivity contribution >= 4 is 65.4 Å². The molecule has 0 saturated carbocycles. The van der Waals surface area contributed by atoms with Crippen molar-refractivity contribution in [2.24, 2.45) is 0 Å². The third-order valence-corrected chi connectivity index (χ3v) is 13.7. The highest BCUT2D eigenvalue weighted by molar-refractivity contribution is 6.26. The van der Waals surface area contributed by atoms with Crippen molar-refractivity contribution in [1.29, 1.82) is 0 Å². The first-order valence-electron chi connectivity index (χ1n) is 23.4. The number of aromatic nitrogens is 6. The molecule has 14 rings (SSSR count). The zero-order valence-electron chi connectivity index (χ0n) is 37.3. The molecule has 322 valence electrons. The lowest BCUT2D eigenvalue weighted by Crippen LogP contribution is -2.07. The summed E-state index contributed by atoms with van der Waals surface area (Å²) in [6, 6.07) is 86.3. The van der Waals surface area contributed by atoms with E-state index in [4.69, 9.17) is 15.0 Å². The Morgan fingerprint density at radius 2 is 0.812 bits per heavy atom. The molecule has 0 aliphatic rings. The molecule has 0 fully saturated rings. The van der Waals surface area contributed by atoms with Crippen molar-refractivity contribution < 1.29 is 0 Å². The van der Waals surface area contributed by atoms with Crippen LogP contribution in [-0.4, -0.2) is 28.7 Å². The average Bonchev–Trinajstić information content (AvgIpc) is 4.07. The smallest absolute Gasteiger partial charge is 0.238 e. The van der Waals surface area contributed by atoms with E-state index >= 15 is 0 Å². The van der Waals surface area contributed by atoms with Crippen LogP contribution in [0.4, 0.5) is 0 Å². The molecular formula is C63H40N6. The molecule has 0 aliphatic carbocycles. The molecule has 10 aromatic carbocycles. The minimum Gasteiger partial charge on any atom is -0.309 e. The number of hydrogen-bond donors (Lipinski definition) is 0. The molecule has 0 atom stereocenters. The summed E-state index contributed by atoms with van der Waals surface area (Å²) in [6.07, 6.45) is 0. The largest absolute Gasteiger partial charge is 0.309 e. The fourth-order valence-electron chi connectivity index (χ4n) is 10.7. The highest BCUT2D eigenvalue weighted by Crippen LogP contribution is 2.45. The van der Waals surface area contributed by atoms with Gasteiger partial charge < -0.3 is 9.13 Å². The first kappa shape index (κ1) is 38.8. The molecule has 0 spiro atoms. The van der Waals surface area contributed by atoms with Crippen LogP contribution in [0, 0.1) is 0 Å². The van der Waals surface area contributed by atoms with Crippen LogP contribution in [0.15, 0.2) is 243 Å². The standard InChI is InChI=1S/C63H40N6/c1-5-20-41(21-6-1)44-36-37-46(42-22-7-2-8-23-42)57(40-44)68-54-34-17-14-29-48(54)50-38-39-56-58(60(50)68)51-30-15-18-35-55(51)69(56)63-65-61(43-24-9-3-10-25-43)64-62(66-63)52-32-19-31-49-47-28-13-16-33-53(47)67(59(49)52)45-26-11-4-12-27-45/h1-40H. The van der Waals surface area contributed by atoms with E-state index in [-0.39, 0.29) is 0 Å². The third kappa shape index (κ3) is 6.09. The van der Waals surface area contributed by atoms with Gasteiger partial charge in [-0.3, -0.25) is 4.57 Å². The summed E-state index contributed by atoms with van der Waals surface area (Å²) < 4.78 is 7.09. The molecule has 0 amide bonds. The number of nitrogens with zero attached hydrogens (tertiary/aromatic N) is 6. The number of benzene rings is 10. The highest BCUT2D eigenvalue weighted by atomic mass is 15.2. The second-order valence-corrected chi connectivity index (χ2v) is 17.6. The Labute approximate surface area is 397 Å². The Morgan fingerprint density at radius 3 is 1.51 bits per heavy atom. The molecule has 14 aromatic rings. The van der Waals surface area contributed by atoms with E-state index in [9.17, 15) is 0 Å². The van der Waals surface area contributed by atoms with Gasteiger partial charge in [0.15, 0.2) is 11.6 Å². The summed E-state index contributed by atoms with van der Waals surface area (Å²) in [5, 5.41) is 6.89. The summed E-state index contributed by atoms with van der Waals surface area (Å²) in [4.78, 5) is 16.3. The zero-order valence-corrected chi connectivity index (χ0v) is 37.3. The van der Waals surface area contributed by atoms with Crippen molar-refractivity contribution in [3.8, 4) is 62.4 Å². The fourth-order valence-corrected chi connectivity index (χ4v) is 10.7. The van der Waals surface area contributed by atoms with Gasteiger partial charge in [0, 0.05) is 54.7 Å². The van der Waals surface area contributed by atoms with E-state index in [1.54, 1.807) is 0 Å². The Kier molecular flexibility index (Phi) is 8.79. The summed E-state index contributed by atoms with van der Waals surface area (Å²) in [5.74, 6) is 1.74. The van der Waals surface area contributed by atoms with Crippen LogP contribution in [0.3, 0.4) is 0 Å². The lowest BCUT2D eigenvalue weighted by atomic mass is 9.97. The summed E-state index contributed by atoms with van der Waals surface area (Å²) in [6.45, 7) is 0. The third-order valence-electron chi connectivity index (χ3n) is 13.7. The maximum atomic E-state index is 5.55. The van der Waals surface area contributed by atoms with Crippen molar-refractivity contribution in [3.05, 3.63) is 243 Å². The number of fused-ring (bicyclic) bond motifs is 10. The summed E-state index contributed by atoms with van der Waals surface area (Å²) >= 11 is 0. The molecule has 0 N–H and O–H groups in total. The van der Waals surface area contributed by atoms with Crippen LogP contribution in [0.1, 0.15) is 0 Å². The SMILES string of the molecule is c1ccc(-c2ccc(-c3ccccc3)c(-n3c4ccccc4c4ccc5c(c6ccccc6n5-c5nc(-c6ccccc6)nc(-c6cccc7c8ccccc8n(-c8ccccc8)c67)n5)c43)c2)cc1. The summed E-state index contributed by atoms with van der Waals surface area (Å²) in [5.41, 5.74) is 15.1. The van der Waals surface area contributed by atoms with Crippen LogP contribution in [0.25, 0.3) is 128 Å². The molecule has 4 aromatic heterocycles. The topological polar surface area (TPSA) is 53.5 Å². The van der Waals surface area contributed by atoms with Gasteiger partial charge in [-0.25, -0.2) is 4.98 Å². The number of para-hydroxylation sites is 5. The van der Waals surface area contributed by atoms with Gasteiger partial charge in [-0.2, -0.15) is 9.97 Å². The predicted molar refractivity (Wildman–Crippen MR) is 285 cm³/mol. The second kappa shape index (κ2) is 15.6. The molecule has 0 radical (unpaired) electrons. The van der Waals surface area contributed by atoms with Crippen molar-refractivity contribution in [1.82, 2.24) is 28.7 Å². The first-order chi connectivity index (χ1) is 34.3. The lowest BCUT2D eigenvalue weighted by molar-refractivity contribution is 0.953. The fraction of sp³-hybridized carbons (Fsp3) is 0. The molecule has 4 heterocycles. The Balaban J connectivity index is 1.09. The van der Waals surface area contributed by atoms with Gasteiger partial charge in [0.2, 0.25) is 5.95 Å². The van der Waals surface area contributed by atoms with Gasteiger partial charge in [0.25, 0.3) is 0 Å². The second-order valence-electron chi connectivity index (χ2n) is 17.6. The van der Waals surface area contributed by atoms with Gasteiger partial charge in [0.05, 0.1) is 38.8 Å². The Bertz CT molecular complexity index is 4280. The van der Waals surface area contributed by atoms with Gasteiger partial charge in [-0.05, 0) is 65.2 Å². The molecule has 0 aliphatic heterocycles. The maximum Gasteiger partial charge on any atom is 0.238 e. The molecule has 0 saturated heterocycles. The van der Waals surface area contributed by atoms with E-state index in [0.29, 0.717) is 17.6 Å². The minimum absolute atomic E-state index is 0.544. The van der Waals surface area contributed by atoms with E-state index in [1.807, 2.05) is 18.2 Å². The van der Waals surface area contributed by atoms with Gasteiger partial charge in [-0.1, -0.05) is 194 Å². The Morgan fingerprint density at radius 1 is 0.275 bits per heavy atom. The number of rotatable bonds is 7. The van der Waals surface area contributed by atoms with Crippen LogP contribution >= 0.6 is 0 Å². The molecular weight excluding hydrogens is 841 g/mol. The van der Waals surface area contributed by atoms with Crippen LogP contribution < -0.4 is 0 Å². The molecule has 6 heteroatoms. The van der Waals surface area contributed by atoms with E-state index in [2.05, 4.69) is 238 Å². The monoisotopic (exact) mass is 880 g/mol. The number of hydrogen-bond acceptors (Lipinski definition) is 3. The zero-order chi connectivity index (χ0) is 45.4. The van der Waals surface area contributed by atoms with Gasteiger partial charge in [0.1, 0.15) is 0 Å². The van der Waals surface area contributed by atoms with E-state index in [0.717, 1.165) is 88.5 Å². The van der Waals surface area contributed by atoms with Crippen LogP contribution in [0.5, 0.6) is 0 Å². The van der Waals surface area contributed by atoms with Crippen LogP contribution in [-0.2, 0) is 0 Å². The predicted octanol–water partition coefficient (Wildman–Crippen LogP) is 15.8. The molecule has 0 bridgehead atoms. The normalized spacial score (nSPS) is 11.8. The van der Waals surface area contributed by atoms with Gasteiger partial charge >= 0.3 is 0 Å². The lowest BCUT2D eigenvalue weighted by Gasteiger charge is -2.17. The van der Waals surface area contributed by atoms with Crippen molar-refractivity contribution in [2.45, 2.75) is 0 Å². The molecule has 6 nitrogen and oxygen atoms in total. The van der Waals surface area contributed by atoms with Crippen LogP contribution in [0.2, 0.25) is 0 Å². The van der Waals surface area contributed by atoms with Crippen molar-refractivity contribution in [2.75, 3.05) is 0 Å². The maximum absolute atomic E-state index is 5.55. The highest BCUT2D eigenvalue weighted by Gasteiger charge is 2.25. The molecule has 0 unspecified atom stereocenters. The van der Waals surface area contributed by atoms with E-state index in [1.165, 1.54) is 21.7 Å². The summed E-state index contributed by atoms with van der Waals surface area (Å²) in [7, 11) is 0. The van der Waals surface area contributed by atoms with Gasteiger partial charge in [-0.15, -0.1) is 0 Å². The average molecular weight is 881 g/mol. The van der Waals surface area contributed by atoms with Crippen molar-refractivity contribution in [3.63, 3.8) is 0 Å². The Hall–Kier alpha value is -9.39. The quantitative estimate of drug-likeness (QED) is 0.160. The van der Waals surface area contributed by atoms with E-state index < -0.39 is 0 Å².